The average molecular weight is 671 g/mol. The molecule has 51 heavy (non-hydrogen) atoms. The molecule has 0 amide bonds. The van der Waals surface area contributed by atoms with Crippen LogP contribution in [0.4, 0.5) is 17.1 Å². The van der Waals surface area contributed by atoms with Crippen LogP contribution in [-0.2, 0) is 0 Å². The van der Waals surface area contributed by atoms with E-state index in [4.69, 9.17) is 0 Å². The van der Waals surface area contributed by atoms with E-state index in [0.717, 1.165) is 17.1 Å². The molecule has 0 bridgehead atoms. The molecule has 0 fully saturated rings. The van der Waals surface area contributed by atoms with Gasteiger partial charge in [0.1, 0.15) is 5.00 Å². The van der Waals surface area contributed by atoms with Gasteiger partial charge in [-0.3, -0.25) is 0 Å². The molecule has 0 radical (unpaired) electrons. The largest absolute Gasteiger partial charge is 0.311 e. The summed E-state index contributed by atoms with van der Waals surface area (Å²) in [6.45, 7) is 0. The molecule has 0 aliphatic rings. The molecule has 0 saturated heterocycles. The second-order valence-electron chi connectivity index (χ2n) is 12.6. The Morgan fingerprint density at radius 3 is 1.31 bits per heavy atom. The van der Waals surface area contributed by atoms with Crippen molar-refractivity contribution in [1.29, 1.82) is 0 Å². The number of fused-ring (bicyclic) bond motifs is 1. The Morgan fingerprint density at radius 2 is 0.784 bits per heavy atom. The van der Waals surface area contributed by atoms with Crippen LogP contribution in [0.3, 0.4) is 0 Å². The highest BCUT2D eigenvalue weighted by atomic mass is 32.1. The summed E-state index contributed by atoms with van der Waals surface area (Å²) in [5.41, 5.74) is 13.1. The first kappa shape index (κ1) is 30.6. The molecule has 9 rings (SSSR count). The molecule has 9 aromatic rings. The van der Waals surface area contributed by atoms with Crippen LogP contribution >= 0.6 is 11.3 Å². The van der Waals surface area contributed by atoms with E-state index in [9.17, 15) is 0 Å². The zero-order chi connectivity index (χ0) is 34.0. The summed E-state index contributed by atoms with van der Waals surface area (Å²) in [5.74, 6) is 0. The van der Waals surface area contributed by atoms with E-state index in [1.165, 1.54) is 59.7 Å². The molecular weight excluding hydrogens is 637 g/mol. The van der Waals surface area contributed by atoms with Crippen LogP contribution in [0.5, 0.6) is 0 Å². The van der Waals surface area contributed by atoms with Gasteiger partial charge in [-0.05, 0) is 88.0 Å². The van der Waals surface area contributed by atoms with Crippen molar-refractivity contribution in [3.05, 3.63) is 206 Å². The minimum atomic E-state index is 1.11. The van der Waals surface area contributed by atoms with E-state index in [1.54, 1.807) is 0 Å². The van der Waals surface area contributed by atoms with E-state index in [1.807, 2.05) is 11.3 Å². The quantitative estimate of drug-likeness (QED) is 0.156. The Morgan fingerprint density at radius 1 is 0.353 bits per heavy atom. The predicted octanol–water partition coefficient (Wildman–Crippen LogP) is 13.8. The third kappa shape index (κ3) is 6.05. The Labute approximate surface area is 302 Å². The van der Waals surface area contributed by atoms with Gasteiger partial charge < -0.3 is 9.47 Å². The number of nitrogens with zero attached hydrogens (tertiary/aromatic N) is 2. The highest BCUT2D eigenvalue weighted by molar-refractivity contribution is 7.18. The molecule has 2 nitrogen and oxygen atoms in total. The summed E-state index contributed by atoms with van der Waals surface area (Å²) in [5, 5.41) is 2.46. The highest BCUT2D eigenvalue weighted by Gasteiger charge is 2.16. The highest BCUT2D eigenvalue weighted by Crippen LogP contribution is 2.40. The van der Waals surface area contributed by atoms with Gasteiger partial charge in [-0.15, -0.1) is 11.3 Å². The second-order valence-corrected chi connectivity index (χ2v) is 13.7. The lowest BCUT2D eigenvalue weighted by Gasteiger charge is -2.26. The van der Waals surface area contributed by atoms with Gasteiger partial charge in [0.2, 0.25) is 0 Å². The molecule has 0 unspecified atom stereocenters. The van der Waals surface area contributed by atoms with E-state index in [-0.39, 0.29) is 0 Å². The van der Waals surface area contributed by atoms with Gasteiger partial charge >= 0.3 is 0 Å². The molecule has 2 heterocycles. The molecule has 0 saturated carbocycles. The van der Waals surface area contributed by atoms with Gasteiger partial charge in [0.15, 0.2) is 0 Å². The zero-order valence-corrected chi connectivity index (χ0v) is 28.7. The van der Waals surface area contributed by atoms with Crippen molar-refractivity contribution in [2.45, 2.75) is 0 Å². The Balaban J connectivity index is 1.05. The van der Waals surface area contributed by atoms with Crippen LogP contribution in [0.1, 0.15) is 0 Å². The summed E-state index contributed by atoms with van der Waals surface area (Å²) in [6.07, 6.45) is 2.28. The van der Waals surface area contributed by atoms with Crippen LogP contribution in [0.2, 0.25) is 0 Å². The summed E-state index contributed by atoms with van der Waals surface area (Å²) < 4.78 is 2.33. The topological polar surface area (TPSA) is 8.17 Å². The lowest BCUT2D eigenvalue weighted by Crippen LogP contribution is -2.09. The number of para-hydroxylation sites is 1. The SMILES string of the molecule is c1ccc(-c2ccc(N(c3ccc(-c4ccccc4)cc3)c3ccc(-c4ccc(-n5cc(-c6ccccc6)c6ccccc65)s4)cc3)cc2)cc1. The number of thiophene rings is 1. The van der Waals surface area contributed by atoms with Crippen LogP contribution < -0.4 is 4.90 Å². The average Bonchev–Trinajstić information content (AvgIpc) is 3.86. The summed E-state index contributed by atoms with van der Waals surface area (Å²) in [6, 6.07) is 71.6. The maximum atomic E-state index is 2.34. The third-order valence-corrected chi connectivity index (χ3v) is 10.6. The first-order valence-corrected chi connectivity index (χ1v) is 18.1. The fourth-order valence-corrected chi connectivity index (χ4v) is 7.91. The van der Waals surface area contributed by atoms with Crippen molar-refractivity contribution < 1.29 is 0 Å². The van der Waals surface area contributed by atoms with Crippen LogP contribution in [0.15, 0.2) is 206 Å². The molecular formula is C48H34N2S. The minimum absolute atomic E-state index is 1.11. The van der Waals surface area contributed by atoms with Gasteiger partial charge in [0, 0.05) is 39.1 Å². The number of rotatable bonds is 8. The van der Waals surface area contributed by atoms with Crippen molar-refractivity contribution in [2.24, 2.45) is 0 Å². The molecule has 0 aliphatic carbocycles. The third-order valence-electron chi connectivity index (χ3n) is 9.50. The van der Waals surface area contributed by atoms with Crippen LogP contribution in [0, 0.1) is 0 Å². The maximum absolute atomic E-state index is 2.34. The summed E-state index contributed by atoms with van der Waals surface area (Å²) >= 11 is 1.82. The van der Waals surface area contributed by atoms with Crippen molar-refractivity contribution in [3.8, 4) is 48.8 Å². The van der Waals surface area contributed by atoms with E-state index in [0.29, 0.717) is 0 Å². The van der Waals surface area contributed by atoms with Gasteiger partial charge in [0.25, 0.3) is 0 Å². The molecule has 242 valence electrons. The molecule has 3 heteroatoms. The second kappa shape index (κ2) is 13.5. The minimum Gasteiger partial charge on any atom is -0.311 e. The smallest absolute Gasteiger partial charge is 0.100 e. The molecule has 0 atom stereocenters. The number of hydrogen-bond donors (Lipinski definition) is 0. The van der Waals surface area contributed by atoms with Gasteiger partial charge in [-0.25, -0.2) is 0 Å². The van der Waals surface area contributed by atoms with Gasteiger partial charge in [-0.1, -0.05) is 146 Å². The Bertz CT molecular complexity index is 2450. The molecule has 2 aromatic heterocycles. The lowest BCUT2D eigenvalue weighted by atomic mass is 10.0. The van der Waals surface area contributed by atoms with Crippen molar-refractivity contribution in [2.75, 3.05) is 4.90 Å². The Hall–Kier alpha value is -6.42. The molecule has 7 aromatic carbocycles. The van der Waals surface area contributed by atoms with Gasteiger partial charge in [-0.2, -0.15) is 0 Å². The van der Waals surface area contributed by atoms with Crippen LogP contribution in [0.25, 0.3) is 59.7 Å². The summed E-state index contributed by atoms with van der Waals surface area (Å²) in [7, 11) is 0. The normalized spacial score (nSPS) is 11.1. The number of hydrogen-bond acceptors (Lipinski definition) is 2. The van der Waals surface area contributed by atoms with E-state index < -0.39 is 0 Å². The lowest BCUT2D eigenvalue weighted by molar-refractivity contribution is 1.17. The zero-order valence-electron chi connectivity index (χ0n) is 27.9. The van der Waals surface area contributed by atoms with Gasteiger partial charge in [0.05, 0.1) is 5.52 Å². The first-order chi connectivity index (χ1) is 25.3. The van der Waals surface area contributed by atoms with Crippen molar-refractivity contribution >= 4 is 39.3 Å². The standard InChI is InChI=1S/C48H34N2S/c1-4-12-35(13-5-1)37-20-26-41(27-21-37)50(42-28-22-38(23-29-42)36-14-6-2-7-15-36)43-30-24-40(25-31-43)47-32-33-48(51-47)49-34-45(39-16-8-3-9-17-39)44-18-10-11-19-46(44)49/h1-34H. The first-order valence-electron chi connectivity index (χ1n) is 17.3. The fourth-order valence-electron chi connectivity index (χ4n) is 6.91. The van der Waals surface area contributed by atoms with E-state index >= 15 is 0 Å². The summed E-state index contributed by atoms with van der Waals surface area (Å²) in [4.78, 5) is 3.58. The number of benzene rings is 7. The van der Waals surface area contributed by atoms with Crippen molar-refractivity contribution in [1.82, 2.24) is 4.57 Å². The monoisotopic (exact) mass is 670 g/mol. The predicted molar refractivity (Wildman–Crippen MR) is 218 cm³/mol. The van der Waals surface area contributed by atoms with Crippen molar-refractivity contribution in [3.63, 3.8) is 0 Å². The molecule has 0 N–H and O–H groups in total. The maximum Gasteiger partial charge on any atom is 0.100 e. The molecule has 0 spiro atoms. The number of aromatic nitrogens is 1. The van der Waals surface area contributed by atoms with E-state index in [2.05, 4.69) is 216 Å². The number of anilines is 3. The molecule has 0 aliphatic heterocycles. The fraction of sp³-hybridized carbons (Fsp3) is 0. The Kier molecular flexibility index (Phi) is 8.09. The van der Waals surface area contributed by atoms with Crippen LogP contribution in [-0.4, -0.2) is 4.57 Å².